The Hall–Kier alpha value is 0.190. The minimum Gasteiger partial charge on any atom is -0.229 e. The van der Waals surface area contributed by atoms with Crippen LogP contribution in [0.3, 0.4) is 0 Å². The van der Waals surface area contributed by atoms with Gasteiger partial charge in [-0.2, -0.15) is 0 Å². The Balaban J connectivity index is 2.74. The largest absolute Gasteiger partial charge is 0.229 e. The summed E-state index contributed by atoms with van der Waals surface area (Å²) in [5.74, 6) is 0. The van der Waals surface area contributed by atoms with Gasteiger partial charge in [0.2, 0.25) is 0 Å². The molecule has 0 aliphatic rings. The molecule has 2 aromatic rings. The zero-order valence-electron chi connectivity index (χ0n) is 6.37. The summed E-state index contributed by atoms with van der Waals surface area (Å²) in [7, 11) is 0. The van der Waals surface area contributed by atoms with Gasteiger partial charge in [0.25, 0.3) is 0 Å². The molecule has 0 radical (unpaired) electrons. The average molecular weight is 307 g/mol. The molecule has 0 fully saturated rings. The van der Waals surface area contributed by atoms with E-state index in [2.05, 4.69) is 52.0 Å². The Labute approximate surface area is 92.7 Å². The third-order valence-corrected chi connectivity index (χ3v) is 4.40. The standard InChI is InChI=1S/C8H6INS2/c1-11-8-10-7-5(9)3-2-4-6(7)12-8/h2-4H,1H3. The fourth-order valence-electron chi connectivity index (χ4n) is 0.982. The first-order chi connectivity index (χ1) is 5.81. The van der Waals surface area contributed by atoms with Crippen molar-refractivity contribution in [1.29, 1.82) is 0 Å². The highest BCUT2D eigenvalue weighted by Gasteiger charge is 2.04. The first-order valence-corrected chi connectivity index (χ1v) is 6.52. The zero-order valence-corrected chi connectivity index (χ0v) is 10.2. The van der Waals surface area contributed by atoms with Crippen molar-refractivity contribution in [2.24, 2.45) is 0 Å². The van der Waals surface area contributed by atoms with Gasteiger partial charge >= 0.3 is 0 Å². The van der Waals surface area contributed by atoms with Crippen LogP contribution < -0.4 is 0 Å². The Morgan fingerprint density at radius 2 is 2.33 bits per heavy atom. The molecule has 0 bridgehead atoms. The van der Waals surface area contributed by atoms with Crippen molar-refractivity contribution in [3.8, 4) is 0 Å². The second kappa shape index (κ2) is 3.51. The van der Waals surface area contributed by atoms with Crippen LogP contribution in [-0.4, -0.2) is 11.2 Å². The van der Waals surface area contributed by atoms with E-state index in [1.165, 1.54) is 8.27 Å². The fourth-order valence-corrected chi connectivity index (χ4v) is 3.29. The van der Waals surface area contributed by atoms with Crippen molar-refractivity contribution < 1.29 is 0 Å². The van der Waals surface area contributed by atoms with Crippen LogP contribution in [0.4, 0.5) is 0 Å². The highest BCUT2D eigenvalue weighted by molar-refractivity contribution is 14.1. The summed E-state index contributed by atoms with van der Waals surface area (Å²) < 4.78 is 3.67. The number of thiazole rings is 1. The van der Waals surface area contributed by atoms with Gasteiger partial charge in [0, 0.05) is 3.57 Å². The molecular formula is C8H6INS2. The van der Waals surface area contributed by atoms with E-state index < -0.39 is 0 Å². The lowest BCUT2D eigenvalue weighted by atomic mass is 10.3. The Morgan fingerprint density at radius 1 is 1.50 bits per heavy atom. The third-order valence-electron chi connectivity index (χ3n) is 1.52. The van der Waals surface area contributed by atoms with E-state index in [4.69, 9.17) is 0 Å². The van der Waals surface area contributed by atoms with Crippen LogP contribution in [0.25, 0.3) is 10.2 Å². The van der Waals surface area contributed by atoms with Gasteiger partial charge in [0.05, 0.1) is 10.2 Å². The number of aromatic nitrogens is 1. The smallest absolute Gasteiger partial charge is 0.150 e. The van der Waals surface area contributed by atoms with Gasteiger partial charge in [-0.05, 0) is 41.0 Å². The van der Waals surface area contributed by atoms with Gasteiger partial charge in [0.1, 0.15) is 0 Å². The summed E-state index contributed by atoms with van der Waals surface area (Å²) in [5.41, 5.74) is 1.15. The Morgan fingerprint density at radius 3 is 3.00 bits per heavy atom. The Bertz CT molecular complexity index is 410. The summed E-state index contributed by atoms with van der Waals surface area (Å²) in [5, 5.41) is 0. The van der Waals surface area contributed by atoms with Gasteiger partial charge in [-0.25, -0.2) is 4.98 Å². The van der Waals surface area contributed by atoms with Crippen molar-refractivity contribution in [1.82, 2.24) is 4.98 Å². The molecule has 1 heterocycles. The number of para-hydroxylation sites is 1. The second-order valence-electron chi connectivity index (χ2n) is 2.27. The summed E-state index contributed by atoms with van der Waals surface area (Å²) in [6, 6.07) is 6.29. The SMILES string of the molecule is CSc1nc2c(I)cccc2s1. The van der Waals surface area contributed by atoms with Crippen LogP contribution in [0.15, 0.2) is 22.5 Å². The van der Waals surface area contributed by atoms with Crippen LogP contribution in [0.2, 0.25) is 0 Å². The number of thioether (sulfide) groups is 1. The van der Waals surface area contributed by atoms with Crippen molar-refractivity contribution >= 4 is 55.9 Å². The zero-order chi connectivity index (χ0) is 8.55. The molecule has 0 aliphatic heterocycles. The van der Waals surface area contributed by atoms with E-state index in [0.717, 1.165) is 9.86 Å². The van der Waals surface area contributed by atoms with Crippen LogP contribution >= 0.6 is 45.7 Å². The topological polar surface area (TPSA) is 12.9 Å². The number of rotatable bonds is 1. The summed E-state index contributed by atoms with van der Waals surface area (Å²) in [6.45, 7) is 0. The summed E-state index contributed by atoms with van der Waals surface area (Å²) in [4.78, 5) is 4.50. The van der Waals surface area contributed by atoms with Crippen LogP contribution in [0.5, 0.6) is 0 Å². The number of hydrogen-bond donors (Lipinski definition) is 0. The molecule has 62 valence electrons. The summed E-state index contributed by atoms with van der Waals surface area (Å²) >= 11 is 5.79. The van der Waals surface area contributed by atoms with Gasteiger partial charge in [-0.15, -0.1) is 11.3 Å². The lowest BCUT2D eigenvalue weighted by molar-refractivity contribution is 1.30. The first-order valence-electron chi connectivity index (χ1n) is 3.40. The maximum absolute atomic E-state index is 4.50. The lowest BCUT2D eigenvalue weighted by Gasteiger charge is -1.88. The molecule has 0 spiro atoms. The number of halogens is 1. The summed E-state index contributed by atoms with van der Waals surface area (Å²) in [6.07, 6.45) is 2.06. The highest BCUT2D eigenvalue weighted by Crippen LogP contribution is 2.30. The van der Waals surface area contributed by atoms with Gasteiger partial charge in [-0.1, -0.05) is 17.8 Å². The minimum atomic E-state index is 1.15. The molecule has 0 unspecified atom stereocenters. The van der Waals surface area contributed by atoms with Crippen LogP contribution in [0, 0.1) is 3.57 Å². The van der Waals surface area contributed by atoms with Gasteiger partial charge < -0.3 is 0 Å². The molecule has 1 aromatic carbocycles. The molecule has 0 N–H and O–H groups in total. The maximum Gasteiger partial charge on any atom is 0.150 e. The van der Waals surface area contributed by atoms with E-state index in [-0.39, 0.29) is 0 Å². The van der Waals surface area contributed by atoms with E-state index in [1.54, 1.807) is 23.1 Å². The minimum absolute atomic E-state index is 1.15. The molecule has 12 heavy (non-hydrogen) atoms. The van der Waals surface area contributed by atoms with Gasteiger partial charge in [-0.3, -0.25) is 0 Å². The molecule has 0 amide bonds. The molecule has 1 aromatic heterocycles. The normalized spacial score (nSPS) is 10.8. The van der Waals surface area contributed by atoms with Crippen LogP contribution in [0.1, 0.15) is 0 Å². The van der Waals surface area contributed by atoms with E-state index in [0.29, 0.717) is 0 Å². The van der Waals surface area contributed by atoms with Crippen molar-refractivity contribution in [2.45, 2.75) is 4.34 Å². The molecule has 2 rings (SSSR count). The van der Waals surface area contributed by atoms with Crippen molar-refractivity contribution in [3.05, 3.63) is 21.8 Å². The number of benzene rings is 1. The van der Waals surface area contributed by atoms with E-state index in [1.807, 2.05) is 0 Å². The first kappa shape index (κ1) is 8.77. The number of fused-ring (bicyclic) bond motifs is 1. The Kier molecular flexibility index (Phi) is 2.57. The quantitative estimate of drug-likeness (QED) is 0.589. The number of nitrogens with zero attached hydrogens (tertiary/aromatic N) is 1. The molecule has 4 heteroatoms. The highest BCUT2D eigenvalue weighted by atomic mass is 127. The monoisotopic (exact) mass is 307 g/mol. The third kappa shape index (κ3) is 1.47. The molecule has 0 atom stereocenters. The molecule has 1 nitrogen and oxygen atoms in total. The van der Waals surface area contributed by atoms with Crippen molar-refractivity contribution in [3.63, 3.8) is 0 Å². The van der Waals surface area contributed by atoms with Gasteiger partial charge in [0.15, 0.2) is 4.34 Å². The van der Waals surface area contributed by atoms with E-state index in [9.17, 15) is 0 Å². The predicted molar refractivity (Wildman–Crippen MR) is 64.1 cm³/mol. The van der Waals surface area contributed by atoms with Crippen LogP contribution in [-0.2, 0) is 0 Å². The average Bonchev–Trinajstić information content (AvgIpc) is 2.49. The van der Waals surface area contributed by atoms with Crippen molar-refractivity contribution in [2.75, 3.05) is 6.26 Å². The molecule has 0 saturated heterocycles. The maximum atomic E-state index is 4.50. The fraction of sp³-hybridized carbons (Fsp3) is 0.125. The predicted octanol–water partition coefficient (Wildman–Crippen LogP) is 3.62. The lowest BCUT2D eigenvalue weighted by Crippen LogP contribution is -1.73. The van der Waals surface area contributed by atoms with E-state index >= 15 is 0 Å². The number of hydrogen-bond acceptors (Lipinski definition) is 3. The molecule has 0 saturated carbocycles. The molecule has 0 aliphatic carbocycles. The second-order valence-corrected chi connectivity index (χ2v) is 5.52. The molecular weight excluding hydrogens is 301 g/mol.